The van der Waals surface area contributed by atoms with Crippen molar-refractivity contribution >= 4 is 23.4 Å². The van der Waals surface area contributed by atoms with Crippen LogP contribution in [0.1, 0.15) is 61.8 Å². The van der Waals surface area contributed by atoms with E-state index in [0.717, 1.165) is 35.3 Å². The standard InChI is InChI=1S/C26H33ClO5S/c1-2-31-19-11-8-16(9-12-19)14-18-15-17(10-13-21(18)27)25-23(29)22(28)24(30)26(32-25)33-20-6-4-3-5-7-20/h8-13,15,20,22-26,28-30H,2-7,14H2,1H3/t22-,23-,24+,25+,26-/m1/s1. The van der Waals surface area contributed by atoms with Crippen LogP contribution in [0, 0.1) is 0 Å². The van der Waals surface area contributed by atoms with Crippen molar-refractivity contribution in [2.24, 2.45) is 0 Å². The average Bonchev–Trinajstić information content (AvgIpc) is 2.83. The summed E-state index contributed by atoms with van der Waals surface area (Å²) < 4.78 is 11.7. The van der Waals surface area contributed by atoms with E-state index in [4.69, 9.17) is 21.1 Å². The number of halogens is 1. The zero-order chi connectivity index (χ0) is 23.4. The van der Waals surface area contributed by atoms with E-state index < -0.39 is 29.9 Å². The molecule has 0 radical (unpaired) electrons. The van der Waals surface area contributed by atoms with Gasteiger partial charge in [0.2, 0.25) is 0 Å². The average molecular weight is 493 g/mol. The molecule has 5 atom stereocenters. The van der Waals surface area contributed by atoms with Gasteiger partial charge in [-0.3, -0.25) is 0 Å². The first-order chi connectivity index (χ1) is 16.0. The van der Waals surface area contributed by atoms with Crippen molar-refractivity contribution in [1.29, 1.82) is 0 Å². The maximum Gasteiger partial charge on any atom is 0.133 e. The molecule has 7 heteroatoms. The van der Waals surface area contributed by atoms with Crippen LogP contribution >= 0.6 is 23.4 Å². The molecule has 33 heavy (non-hydrogen) atoms. The van der Waals surface area contributed by atoms with Crippen LogP contribution in [0.2, 0.25) is 5.02 Å². The Morgan fingerprint density at radius 2 is 1.70 bits per heavy atom. The quantitative estimate of drug-likeness (QED) is 0.511. The fraction of sp³-hybridized carbons (Fsp3) is 0.538. The third-order valence-corrected chi connectivity index (χ3v) is 8.36. The van der Waals surface area contributed by atoms with E-state index in [9.17, 15) is 15.3 Å². The van der Waals surface area contributed by atoms with Gasteiger partial charge >= 0.3 is 0 Å². The van der Waals surface area contributed by atoms with Crippen LogP contribution in [0.3, 0.4) is 0 Å². The minimum atomic E-state index is -1.27. The molecular formula is C26H33ClO5S. The molecule has 2 aliphatic rings. The van der Waals surface area contributed by atoms with Crippen LogP contribution in [0.5, 0.6) is 5.75 Å². The van der Waals surface area contributed by atoms with Crippen molar-refractivity contribution in [3.05, 3.63) is 64.2 Å². The fourth-order valence-corrected chi connectivity index (χ4v) is 6.30. The van der Waals surface area contributed by atoms with E-state index in [0.29, 0.717) is 23.3 Å². The maximum atomic E-state index is 10.7. The van der Waals surface area contributed by atoms with Crippen molar-refractivity contribution in [2.45, 2.75) is 80.6 Å². The molecule has 0 spiro atoms. The zero-order valence-corrected chi connectivity index (χ0v) is 20.5. The van der Waals surface area contributed by atoms with Gasteiger partial charge in [-0.25, -0.2) is 0 Å². The normalized spacial score (nSPS) is 28.6. The van der Waals surface area contributed by atoms with Crippen LogP contribution in [-0.2, 0) is 11.2 Å². The van der Waals surface area contributed by atoms with Crippen molar-refractivity contribution in [1.82, 2.24) is 0 Å². The van der Waals surface area contributed by atoms with Gasteiger partial charge in [0.25, 0.3) is 0 Å². The second kappa shape index (κ2) is 11.4. The highest BCUT2D eigenvalue weighted by atomic mass is 35.5. The lowest BCUT2D eigenvalue weighted by Gasteiger charge is -2.42. The molecule has 2 aromatic rings. The molecule has 180 valence electrons. The molecule has 1 aliphatic heterocycles. The number of ether oxygens (including phenoxy) is 2. The van der Waals surface area contributed by atoms with E-state index in [1.54, 1.807) is 17.8 Å². The van der Waals surface area contributed by atoms with Gasteiger partial charge in [-0.15, -0.1) is 11.8 Å². The van der Waals surface area contributed by atoms with E-state index in [1.165, 1.54) is 19.3 Å². The van der Waals surface area contributed by atoms with E-state index in [2.05, 4.69) is 0 Å². The molecule has 0 aromatic heterocycles. The van der Waals surface area contributed by atoms with Gasteiger partial charge < -0.3 is 24.8 Å². The highest BCUT2D eigenvalue weighted by molar-refractivity contribution is 8.00. The van der Waals surface area contributed by atoms with Crippen molar-refractivity contribution in [3.8, 4) is 5.75 Å². The predicted octanol–water partition coefficient (Wildman–Crippen LogP) is 4.88. The SMILES string of the molecule is CCOc1ccc(Cc2cc([C@@H]3O[C@H](SC4CCCCC4)[C@@H](O)[C@H](O)[C@H]3O)ccc2Cl)cc1. The number of benzene rings is 2. The third-order valence-electron chi connectivity index (χ3n) is 6.48. The summed E-state index contributed by atoms with van der Waals surface area (Å²) in [6.07, 6.45) is 2.06. The predicted molar refractivity (Wildman–Crippen MR) is 132 cm³/mol. The molecule has 1 aliphatic carbocycles. The lowest BCUT2D eigenvalue weighted by atomic mass is 9.92. The Balaban J connectivity index is 1.51. The topological polar surface area (TPSA) is 79.2 Å². The molecule has 2 fully saturated rings. The van der Waals surface area contributed by atoms with Crippen LogP contribution in [-0.4, -0.2) is 50.9 Å². The Morgan fingerprint density at radius 1 is 0.970 bits per heavy atom. The Labute approximate surface area is 205 Å². The second-order valence-corrected chi connectivity index (χ2v) is 10.7. The van der Waals surface area contributed by atoms with Crippen LogP contribution in [0.15, 0.2) is 42.5 Å². The summed E-state index contributed by atoms with van der Waals surface area (Å²) in [7, 11) is 0. The molecule has 1 saturated heterocycles. The Bertz CT molecular complexity index is 902. The fourth-order valence-electron chi connectivity index (χ4n) is 4.62. The maximum absolute atomic E-state index is 10.7. The Morgan fingerprint density at radius 3 is 2.39 bits per heavy atom. The molecule has 0 unspecified atom stereocenters. The van der Waals surface area contributed by atoms with E-state index >= 15 is 0 Å². The number of rotatable bonds is 7. The van der Waals surface area contributed by atoms with E-state index in [1.807, 2.05) is 43.3 Å². The molecule has 1 heterocycles. The van der Waals surface area contributed by atoms with Gasteiger partial charge in [0.1, 0.15) is 35.6 Å². The Hall–Kier alpha value is -1.28. The summed E-state index contributed by atoms with van der Waals surface area (Å²) in [6, 6.07) is 13.5. The smallest absolute Gasteiger partial charge is 0.133 e. The minimum Gasteiger partial charge on any atom is -0.494 e. The molecule has 5 nitrogen and oxygen atoms in total. The zero-order valence-electron chi connectivity index (χ0n) is 18.9. The third kappa shape index (κ3) is 6.05. The molecule has 0 amide bonds. The highest BCUT2D eigenvalue weighted by Gasteiger charge is 2.45. The van der Waals surface area contributed by atoms with Gasteiger partial charge in [-0.2, -0.15) is 0 Å². The molecule has 4 rings (SSSR count). The first kappa shape index (κ1) is 24.8. The molecule has 0 bridgehead atoms. The summed E-state index contributed by atoms with van der Waals surface area (Å²) in [4.78, 5) is 0. The number of hydrogen-bond donors (Lipinski definition) is 3. The summed E-state index contributed by atoms with van der Waals surface area (Å²) in [5.41, 5.74) is 2.16. The van der Waals surface area contributed by atoms with E-state index in [-0.39, 0.29) is 0 Å². The number of aliphatic hydroxyl groups excluding tert-OH is 3. The van der Waals surface area contributed by atoms with Gasteiger partial charge in [-0.1, -0.05) is 55.1 Å². The molecule has 2 aromatic carbocycles. The molecular weight excluding hydrogens is 460 g/mol. The van der Waals surface area contributed by atoms with Crippen LogP contribution in [0.4, 0.5) is 0 Å². The van der Waals surface area contributed by atoms with Crippen LogP contribution < -0.4 is 4.74 Å². The van der Waals surface area contributed by atoms with Crippen molar-refractivity contribution < 1.29 is 24.8 Å². The number of hydrogen-bond acceptors (Lipinski definition) is 6. The van der Waals surface area contributed by atoms with Crippen molar-refractivity contribution in [2.75, 3.05) is 6.61 Å². The van der Waals surface area contributed by atoms with Gasteiger partial charge in [0.05, 0.1) is 6.61 Å². The first-order valence-electron chi connectivity index (χ1n) is 11.8. The van der Waals surface area contributed by atoms with Gasteiger partial charge in [0.15, 0.2) is 0 Å². The highest BCUT2D eigenvalue weighted by Crippen LogP contribution is 2.41. The largest absolute Gasteiger partial charge is 0.494 e. The first-order valence-corrected chi connectivity index (χ1v) is 13.1. The second-order valence-electron chi connectivity index (χ2n) is 8.90. The number of aliphatic hydroxyl groups is 3. The summed E-state index contributed by atoms with van der Waals surface area (Å²) >= 11 is 8.08. The van der Waals surface area contributed by atoms with Gasteiger partial charge in [-0.05, 0) is 61.1 Å². The summed E-state index contributed by atoms with van der Waals surface area (Å²) in [6.45, 7) is 2.58. The van der Waals surface area contributed by atoms with Crippen LogP contribution in [0.25, 0.3) is 0 Å². The summed E-state index contributed by atoms with van der Waals surface area (Å²) in [5, 5.41) is 32.9. The molecule has 1 saturated carbocycles. The minimum absolute atomic E-state index is 0.405. The number of thioether (sulfide) groups is 1. The summed E-state index contributed by atoms with van der Waals surface area (Å²) in [5.74, 6) is 0.828. The lowest BCUT2D eigenvalue weighted by Crippen LogP contribution is -2.53. The monoisotopic (exact) mass is 492 g/mol. The van der Waals surface area contributed by atoms with Crippen molar-refractivity contribution in [3.63, 3.8) is 0 Å². The lowest BCUT2D eigenvalue weighted by molar-refractivity contribution is -0.200. The van der Waals surface area contributed by atoms with Gasteiger partial charge in [0, 0.05) is 10.3 Å². The molecule has 3 N–H and O–H groups in total. The Kier molecular flexibility index (Phi) is 8.60.